The van der Waals surface area contributed by atoms with Gasteiger partial charge in [0.2, 0.25) is 11.8 Å². The lowest BCUT2D eigenvalue weighted by Crippen LogP contribution is -2.34. The molecule has 0 saturated carbocycles. The Balaban J connectivity index is 1.58. The van der Waals surface area contributed by atoms with Crippen LogP contribution >= 0.6 is 0 Å². The van der Waals surface area contributed by atoms with Gasteiger partial charge in [0.1, 0.15) is 5.56 Å². The van der Waals surface area contributed by atoms with Gasteiger partial charge in [-0.05, 0) is 23.8 Å². The van der Waals surface area contributed by atoms with Crippen LogP contribution in [-0.2, 0) is 11.3 Å². The zero-order chi connectivity index (χ0) is 21.1. The summed E-state index contributed by atoms with van der Waals surface area (Å²) in [7, 11) is 0. The Hall–Kier alpha value is -4.08. The summed E-state index contributed by atoms with van der Waals surface area (Å²) in [6, 6.07) is 10.2. The number of fused-ring (bicyclic) bond motifs is 1. The maximum Gasteiger partial charge on any atom is 0.282 e. The zero-order valence-corrected chi connectivity index (χ0v) is 15.1. The average Bonchev–Trinajstić information content (AvgIpc) is 2.95. The van der Waals surface area contributed by atoms with Gasteiger partial charge in [0.15, 0.2) is 0 Å². The van der Waals surface area contributed by atoms with E-state index in [0.717, 1.165) is 16.5 Å². The Labute approximate surface area is 164 Å². The van der Waals surface area contributed by atoms with Crippen LogP contribution in [0.25, 0.3) is 0 Å². The van der Waals surface area contributed by atoms with E-state index in [1.807, 2.05) is 0 Å². The van der Waals surface area contributed by atoms with E-state index in [1.165, 1.54) is 24.3 Å². The van der Waals surface area contributed by atoms with Gasteiger partial charge in [0, 0.05) is 31.1 Å². The molecule has 0 unspecified atom stereocenters. The van der Waals surface area contributed by atoms with Crippen molar-refractivity contribution in [3.8, 4) is 0 Å². The summed E-state index contributed by atoms with van der Waals surface area (Å²) >= 11 is 0. The molecular formula is C19H16N4O6. The van der Waals surface area contributed by atoms with Crippen molar-refractivity contribution >= 4 is 29.3 Å². The number of carbonyl (C=O) groups excluding carboxylic acids is 4. The van der Waals surface area contributed by atoms with Crippen LogP contribution in [-0.4, -0.2) is 40.0 Å². The number of primary amides is 1. The first-order chi connectivity index (χ1) is 13.8. The Morgan fingerprint density at radius 1 is 1.07 bits per heavy atom. The number of nitrogens with two attached hydrogens (primary N) is 1. The molecule has 2 aromatic carbocycles. The molecule has 148 valence electrons. The number of hydrogen-bond donors (Lipinski definition) is 2. The molecule has 0 bridgehead atoms. The Kier molecular flexibility index (Phi) is 5.35. The van der Waals surface area contributed by atoms with Gasteiger partial charge in [0.05, 0.1) is 10.5 Å². The number of carbonyl (C=O) groups is 4. The number of nitro benzene ring substituents is 1. The number of rotatable bonds is 7. The van der Waals surface area contributed by atoms with Crippen LogP contribution in [0.4, 0.5) is 5.69 Å². The molecule has 0 atom stereocenters. The van der Waals surface area contributed by atoms with Crippen LogP contribution in [0.1, 0.15) is 43.1 Å². The topological polar surface area (TPSA) is 153 Å². The fourth-order valence-electron chi connectivity index (χ4n) is 2.96. The summed E-state index contributed by atoms with van der Waals surface area (Å²) in [6.45, 7) is -0.0125. The maximum atomic E-state index is 12.4. The third kappa shape index (κ3) is 3.95. The summed E-state index contributed by atoms with van der Waals surface area (Å²) in [6.07, 6.45) is -0.154. The molecule has 3 N–H and O–H groups in total. The van der Waals surface area contributed by atoms with E-state index < -0.39 is 34.2 Å². The number of amides is 4. The van der Waals surface area contributed by atoms with Gasteiger partial charge in [-0.3, -0.25) is 34.2 Å². The molecule has 10 nitrogen and oxygen atoms in total. The third-order valence-electron chi connectivity index (χ3n) is 4.46. The minimum atomic E-state index is -0.785. The summed E-state index contributed by atoms with van der Waals surface area (Å²) in [5.41, 5.74) is 5.51. The normalized spacial score (nSPS) is 12.6. The number of benzene rings is 2. The second-order valence-corrected chi connectivity index (χ2v) is 6.31. The van der Waals surface area contributed by atoms with E-state index >= 15 is 0 Å². The summed E-state index contributed by atoms with van der Waals surface area (Å²) in [4.78, 5) is 59.1. The number of imide groups is 1. The summed E-state index contributed by atoms with van der Waals surface area (Å²) in [5.74, 6) is -2.41. The highest BCUT2D eigenvalue weighted by Crippen LogP contribution is 2.30. The molecule has 10 heteroatoms. The van der Waals surface area contributed by atoms with Crippen molar-refractivity contribution in [1.82, 2.24) is 10.2 Å². The highest BCUT2D eigenvalue weighted by atomic mass is 16.6. The van der Waals surface area contributed by atoms with Gasteiger partial charge >= 0.3 is 0 Å². The molecule has 4 amide bonds. The third-order valence-corrected chi connectivity index (χ3v) is 4.46. The van der Waals surface area contributed by atoms with Crippen LogP contribution in [0.3, 0.4) is 0 Å². The molecule has 0 saturated heterocycles. The molecular weight excluding hydrogens is 380 g/mol. The predicted octanol–water partition coefficient (Wildman–Crippen LogP) is 0.996. The second kappa shape index (κ2) is 7.89. The molecule has 1 heterocycles. The van der Waals surface area contributed by atoms with Crippen molar-refractivity contribution in [3.63, 3.8) is 0 Å². The van der Waals surface area contributed by atoms with E-state index in [1.54, 1.807) is 12.1 Å². The molecule has 0 radical (unpaired) electrons. The van der Waals surface area contributed by atoms with Gasteiger partial charge in [-0.15, -0.1) is 0 Å². The van der Waals surface area contributed by atoms with Crippen molar-refractivity contribution in [1.29, 1.82) is 0 Å². The molecule has 2 aromatic rings. The molecule has 3 rings (SSSR count). The molecule has 0 aromatic heterocycles. The summed E-state index contributed by atoms with van der Waals surface area (Å²) in [5, 5.41) is 13.7. The lowest BCUT2D eigenvalue weighted by atomic mass is 10.1. The lowest BCUT2D eigenvalue weighted by Gasteiger charge is -2.13. The van der Waals surface area contributed by atoms with Gasteiger partial charge < -0.3 is 11.1 Å². The first-order valence-electron chi connectivity index (χ1n) is 8.58. The van der Waals surface area contributed by atoms with E-state index in [9.17, 15) is 29.3 Å². The summed E-state index contributed by atoms with van der Waals surface area (Å²) < 4.78 is 0. The molecule has 0 fully saturated rings. The van der Waals surface area contributed by atoms with E-state index in [2.05, 4.69) is 5.32 Å². The van der Waals surface area contributed by atoms with Gasteiger partial charge in [-0.1, -0.05) is 18.2 Å². The zero-order valence-electron chi connectivity index (χ0n) is 15.1. The quantitative estimate of drug-likeness (QED) is 0.404. The van der Waals surface area contributed by atoms with E-state index in [4.69, 9.17) is 5.73 Å². The van der Waals surface area contributed by atoms with Crippen molar-refractivity contribution < 1.29 is 24.1 Å². The minimum absolute atomic E-state index is 0.0425. The van der Waals surface area contributed by atoms with E-state index in [0.29, 0.717) is 5.56 Å². The van der Waals surface area contributed by atoms with E-state index in [-0.39, 0.29) is 30.6 Å². The van der Waals surface area contributed by atoms with Gasteiger partial charge in [-0.2, -0.15) is 0 Å². The van der Waals surface area contributed by atoms with Crippen molar-refractivity contribution in [2.24, 2.45) is 5.73 Å². The average molecular weight is 396 g/mol. The van der Waals surface area contributed by atoms with Crippen LogP contribution in [0.5, 0.6) is 0 Å². The number of nitrogens with one attached hydrogen (secondary N) is 1. The SMILES string of the molecule is NC(=O)c1ccc(CNC(=O)CCN2C(=O)c3cccc([N+](=O)[O-])c3C2=O)cc1. The fraction of sp³-hybridized carbons (Fsp3) is 0.158. The first-order valence-corrected chi connectivity index (χ1v) is 8.58. The number of nitro groups is 1. The number of hydrogen-bond acceptors (Lipinski definition) is 6. The highest BCUT2D eigenvalue weighted by molar-refractivity contribution is 6.23. The van der Waals surface area contributed by atoms with Crippen LogP contribution < -0.4 is 11.1 Å². The van der Waals surface area contributed by atoms with Crippen molar-refractivity contribution in [2.45, 2.75) is 13.0 Å². The number of nitrogens with zero attached hydrogens (tertiary/aromatic N) is 2. The van der Waals surface area contributed by atoms with Crippen LogP contribution in [0.2, 0.25) is 0 Å². The highest BCUT2D eigenvalue weighted by Gasteiger charge is 2.40. The Morgan fingerprint density at radius 2 is 1.76 bits per heavy atom. The second-order valence-electron chi connectivity index (χ2n) is 6.31. The molecule has 1 aliphatic heterocycles. The standard InChI is InChI=1S/C19H16N4O6/c20-17(25)12-6-4-11(5-7-12)10-21-15(24)8-9-22-18(26)13-2-1-3-14(23(28)29)16(13)19(22)27/h1-7H,8-10H2,(H2,20,25)(H,21,24). The largest absolute Gasteiger partial charge is 0.366 e. The Bertz CT molecular complexity index is 1030. The van der Waals surface area contributed by atoms with Gasteiger partial charge in [0.25, 0.3) is 17.5 Å². The smallest absolute Gasteiger partial charge is 0.282 e. The van der Waals surface area contributed by atoms with Crippen molar-refractivity contribution in [2.75, 3.05) is 6.54 Å². The molecule has 1 aliphatic rings. The Morgan fingerprint density at radius 3 is 2.38 bits per heavy atom. The molecule has 29 heavy (non-hydrogen) atoms. The lowest BCUT2D eigenvalue weighted by molar-refractivity contribution is -0.385. The minimum Gasteiger partial charge on any atom is -0.366 e. The first kappa shape index (κ1) is 19.7. The van der Waals surface area contributed by atoms with Gasteiger partial charge in [-0.25, -0.2) is 0 Å². The maximum absolute atomic E-state index is 12.4. The van der Waals surface area contributed by atoms with Crippen LogP contribution in [0.15, 0.2) is 42.5 Å². The predicted molar refractivity (Wildman–Crippen MR) is 99.9 cm³/mol. The molecule has 0 spiro atoms. The van der Waals surface area contributed by atoms with Crippen molar-refractivity contribution in [3.05, 3.63) is 74.8 Å². The monoisotopic (exact) mass is 396 g/mol. The molecule has 0 aliphatic carbocycles. The van der Waals surface area contributed by atoms with Crippen LogP contribution in [0, 0.1) is 10.1 Å². The fourth-order valence-corrected chi connectivity index (χ4v) is 2.96.